The van der Waals surface area contributed by atoms with E-state index in [-0.39, 0.29) is 11.9 Å². The largest absolute Gasteiger partial charge is 0.469 e. The van der Waals surface area contributed by atoms with Crippen LogP contribution in [0.5, 0.6) is 0 Å². The molecule has 0 atom stereocenters. The number of hydrogen-bond donors (Lipinski definition) is 1. The molecule has 0 unspecified atom stereocenters. The number of aliphatic imine (C=N–C) groups is 1. The van der Waals surface area contributed by atoms with Gasteiger partial charge in [0.1, 0.15) is 5.76 Å². The van der Waals surface area contributed by atoms with Crippen molar-refractivity contribution in [3.05, 3.63) is 46.5 Å². The first kappa shape index (κ1) is 19.5. The zero-order chi connectivity index (χ0) is 18.9. The monoisotopic (exact) mass is 389 g/mol. The molecule has 0 saturated carbocycles. The first-order valence-corrected chi connectivity index (χ1v) is 10.4. The van der Waals surface area contributed by atoms with Crippen molar-refractivity contribution >= 4 is 23.3 Å². The summed E-state index contributed by atoms with van der Waals surface area (Å²) < 4.78 is 10.6. The lowest BCUT2D eigenvalue weighted by atomic mass is 9.97. The highest BCUT2D eigenvalue weighted by molar-refractivity contribution is 7.09. The van der Waals surface area contributed by atoms with Gasteiger partial charge in [-0.15, -0.1) is 11.3 Å². The third-order valence-electron chi connectivity index (χ3n) is 4.61. The van der Waals surface area contributed by atoms with Crippen LogP contribution in [-0.4, -0.2) is 43.1 Å². The maximum Gasteiger partial charge on any atom is 0.309 e. The molecule has 2 aromatic rings. The van der Waals surface area contributed by atoms with E-state index in [9.17, 15) is 4.79 Å². The summed E-state index contributed by atoms with van der Waals surface area (Å²) in [6.07, 6.45) is 4.11. The number of likely N-dealkylation sites (tertiary alicyclic amines) is 1. The number of guanidine groups is 1. The van der Waals surface area contributed by atoms with Crippen LogP contribution in [0.25, 0.3) is 0 Å². The second kappa shape index (κ2) is 10.2. The molecule has 0 bridgehead atoms. The molecule has 1 N–H and O–H groups in total. The minimum atomic E-state index is -0.0694. The van der Waals surface area contributed by atoms with Gasteiger partial charge >= 0.3 is 5.97 Å². The summed E-state index contributed by atoms with van der Waals surface area (Å²) in [5.41, 5.74) is 0. The van der Waals surface area contributed by atoms with Crippen molar-refractivity contribution in [1.29, 1.82) is 0 Å². The number of hydrogen-bond acceptors (Lipinski definition) is 5. The number of carbonyl (C=O) groups is 1. The van der Waals surface area contributed by atoms with E-state index in [0.29, 0.717) is 13.2 Å². The van der Waals surface area contributed by atoms with Gasteiger partial charge in [-0.1, -0.05) is 6.07 Å². The zero-order valence-electron chi connectivity index (χ0n) is 15.7. The van der Waals surface area contributed by atoms with Gasteiger partial charge in [-0.3, -0.25) is 4.79 Å². The minimum absolute atomic E-state index is 0.00265. The van der Waals surface area contributed by atoms with Crippen LogP contribution in [-0.2, 0) is 22.5 Å². The van der Waals surface area contributed by atoms with Crippen LogP contribution < -0.4 is 5.32 Å². The molecule has 3 rings (SSSR count). The summed E-state index contributed by atoms with van der Waals surface area (Å²) in [6.45, 7) is 5.33. The number of nitrogens with zero attached hydrogens (tertiary/aromatic N) is 2. The first-order valence-electron chi connectivity index (χ1n) is 9.51. The number of rotatable bonds is 7. The number of nitrogens with one attached hydrogen (secondary N) is 1. The molecular weight excluding hydrogens is 362 g/mol. The predicted molar refractivity (Wildman–Crippen MR) is 107 cm³/mol. The molecule has 27 heavy (non-hydrogen) atoms. The quantitative estimate of drug-likeness (QED) is 0.447. The van der Waals surface area contributed by atoms with E-state index in [1.807, 2.05) is 25.1 Å². The SMILES string of the molecule is CCOC(=O)C1CCN(C(=NCc2cccs2)NCCc2ccco2)CC1. The highest BCUT2D eigenvalue weighted by Crippen LogP contribution is 2.19. The van der Waals surface area contributed by atoms with Crippen molar-refractivity contribution in [2.45, 2.75) is 32.7 Å². The smallest absolute Gasteiger partial charge is 0.309 e. The molecule has 3 heterocycles. The van der Waals surface area contributed by atoms with E-state index in [1.165, 1.54) is 4.88 Å². The predicted octanol–water partition coefficient (Wildman–Crippen LogP) is 3.30. The van der Waals surface area contributed by atoms with Gasteiger partial charge in [-0.25, -0.2) is 4.99 Å². The van der Waals surface area contributed by atoms with Gasteiger partial charge in [-0.2, -0.15) is 0 Å². The molecule has 146 valence electrons. The average molecular weight is 390 g/mol. The van der Waals surface area contributed by atoms with Crippen molar-refractivity contribution in [2.24, 2.45) is 10.9 Å². The van der Waals surface area contributed by atoms with E-state index in [2.05, 4.69) is 21.7 Å². The molecule has 0 radical (unpaired) electrons. The lowest BCUT2D eigenvalue weighted by molar-refractivity contribution is -0.149. The fourth-order valence-corrected chi connectivity index (χ4v) is 3.79. The number of ether oxygens (including phenoxy) is 1. The molecule has 7 heteroatoms. The third-order valence-corrected chi connectivity index (χ3v) is 5.47. The molecule has 1 aliphatic heterocycles. The Kier molecular flexibility index (Phi) is 7.33. The lowest BCUT2D eigenvalue weighted by Gasteiger charge is -2.33. The van der Waals surface area contributed by atoms with Gasteiger partial charge in [0, 0.05) is 30.9 Å². The molecular formula is C20H27N3O3S. The Morgan fingerprint density at radius 2 is 2.22 bits per heavy atom. The first-order chi connectivity index (χ1) is 13.3. The average Bonchev–Trinajstić information content (AvgIpc) is 3.39. The van der Waals surface area contributed by atoms with Crippen LogP contribution in [0.15, 0.2) is 45.3 Å². The Hall–Kier alpha value is -2.28. The summed E-state index contributed by atoms with van der Waals surface area (Å²) in [7, 11) is 0. The minimum Gasteiger partial charge on any atom is -0.469 e. The molecule has 0 aliphatic carbocycles. The van der Waals surface area contributed by atoms with Gasteiger partial charge in [0.2, 0.25) is 0 Å². The van der Waals surface area contributed by atoms with Crippen molar-refractivity contribution in [1.82, 2.24) is 10.2 Å². The second-order valence-electron chi connectivity index (χ2n) is 6.49. The van der Waals surface area contributed by atoms with Gasteiger partial charge in [0.25, 0.3) is 0 Å². The van der Waals surface area contributed by atoms with E-state index < -0.39 is 0 Å². The van der Waals surface area contributed by atoms with Crippen molar-refractivity contribution < 1.29 is 13.9 Å². The Morgan fingerprint density at radius 1 is 1.37 bits per heavy atom. The van der Waals surface area contributed by atoms with Gasteiger partial charge in [0.15, 0.2) is 5.96 Å². The van der Waals surface area contributed by atoms with E-state index in [0.717, 1.165) is 50.6 Å². The molecule has 2 aromatic heterocycles. The molecule has 6 nitrogen and oxygen atoms in total. The van der Waals surface area contributed by atoms with Crippen molar-refractivity contribution in [2.75, 3.05) is 26.2 Å². The van der Waals surface area contributed by atoms with Crippen molar-refractivity contribution in [3.63, 3.8) is 0 Å². The van der Waals surface area contributed by atoms with E-state index in [4.69, 9.17) is 14.1 Å². The number of carbonyl (C=O) groups excluding carboxylic acids is 1. The summed E-state index contributed by atoms with van der Waals surface area (Å²) in [4.78, 5) is 20.3. The van der Waals surface area contributed by atoms with Crippen molar-refractivity contribution in [3.8, 4) is 0 Å². The fourth-order valence-electron chi connectivity index (χ4n) is 3.16. The summed E-state index contributed by atoms with van der Waals surface area (Å²) in [5.74, 6) is 1.79. The topological polar surface area (TPSA) is 67.1 Å². The van der Waals surface area contributed by atoms with E-state index >= 15 is 0 Å². The molecule has 1 saturated heterocycles. The van der Waals surface area contributed by atoms with Crippen LogP contribution in [0.3, 0.4) is 0 Å². The van der Waals surface area contributed by atoms with Gasteiger partial charge in [0.05, 0.1) is 25.3 Å². The highest BCUT2D eigenvalue weighted by Gasteiger charge is 2.27. The van der Waals surface area contributed by atoms with Gasteiger partial charge < -0.3 is 19.4 Å². The Balaban J connectivity index is 1.57. The summed E-state index contributed by atoms with van der Waals surface area (Å²) in [5, 5.41) is 5.53. The Labute approximate surface area is 164 Å². The van der Waals surface area contributed by atoms with E-state index in [1.54, 1.807) is 17.6 Å². The number of thiophene rings is 1. The van der Waals surface area contributed by atoms with Crippen LogP contribution in [0.1, 0.15) is 30.4 Å². The van der Waals surface area contributed by atoms with Crippen LogP contribution >= 0.6 is 11.3 Å². The number of esters is 1. The number of furan rings is 1. The standard InChI is InChI=1S/C20H27N3O3S/c1-2-25-19(24)16-8-11-23(12-9-16)20(22-15-18-6-4-14-27-18)21-10-7-17-5-3-13-26-17/h3-6,13-14,16H,2,7-12,15H2,1H3,(H,21,22). The Morgan fingerprint density at radius 3 is 2.89 bits per heavy atom. The van der Waals surface area contributed by atoms with Gasteiger partial charge in [-0.05, 0) is 43.3 Å². The molecule has 0 amide bonds. The number of piperidine rings is 1. The summed E-state index contributed by atoms with van der Waals surface area (Å²) >= 11 is 1.71. The molecule has 0 aromatic carbocycles. The lowest BCUT2D eigenvalue weighted by Crippen LogP contribution is -2.47. The highest BCUT2D eigenvalue weighted by atomic mass is 32.1. The second-order valence-corrected chi connectivity index (χ2v) is 7.52. The maximum absolute atomic E-state index is 12.0. The third kappa shape index (κ3) is 5.85. The molecule has 0 spiro atoms. The Bertz CT molecular complexity index is 705. The van der Waals surface area contributed by atoms with Crippen LogP contribution in [0, 0.1) is 5.92 Å². The normalized spacial score (nSPS) is 15.7. The van der Waals surface area contributed by atoms with Crippen LogP contribution in [0.2, 0.25) is 0 Å². The molecule has 1 aliphatic rings. The zero-order valence-corrected chi connectivity index (χ0v) is 16.5. The fraction of sp³-hybridized carbons (Fsp3) is 0.500. The maximum atomic E-state index is 12.0. The molecule has 1 fully saturated rings. The van der Waals surface area contributed by atoms with Crippen LogP contribution in [0.4, 0.5) is 0 Å². The summed E-state index contributed by atoms with van der Waals surface area (Å²) in [6, 6.07) is 8.03.